The van der Waals surface area contributed by atoms with Crippen LogP contribution in [0.5, 0.6) is 5.75 Å². The van der Waals surface area contributed by atoms with Gasteiger partial charge in [-0.1, -0.05) is 19.9 Å². The maximum Gasteiger partial charge on any atom is 0.330 e. The van der Waals surface area contributed by atoms with Crippen LogP contribution in [0.2, 0.25) is 0 Å². The fourth-order valence-corrected chi connectivity index (χ4v) is 1.96. The second-order valence-electron chi connectivity index (χ2n) is 5.17. The van der Waals surface area contributed by atoms with Gasteiger partial charge in [0.2, 0.25) is 0 Å². The molecule has 0 fully saturated rings. The molecule has 0 aromatic heterocycles. The molecular formula is C17H23FO3. The molecule has 0 unspecified atom stereocenters. The molecule has 116 valence electrons. The molecule has 0 aliphatic carbocycles. The zero-order valence-electron chi connectivity index (χ0n) is 13.1. The van der Waals surface area contributed by atoms with E-state index in [2.05, 4.69) is 13.8 Å². The molecule has 1 aromatic rings. The Balaban J connectivity index is 3.06. The average molecular weight is 294 g/mol. The molecule has 0 N–H and O–H groups in total. The summed E-state index contributed by atoms with van der Waals surface area (Å²) in [4.78, 5) is 11.4. The molecule has 4 heteroatoms. The van der Waals surface area contributed by atoms with Gasteiger partial charge in [0.05, 0.1) is 13.7 Å². The average Bonchev–Trinajstić information content (AvgIpc) is 2.44. The lowest BCUT2D eigenvalue weighted by molar-refractivity contribution is -0.137. The Bertz CT molecular complexity index is 507. The van der Waals surface area contributed by atoms with Crippen LogP contribution in [0, 0.1) is 11.7 Å². The number of benzene rings is 1. The van der Waals surface area contributed by atoms with E-state index in [9.17, 15) is 9.18 Å². The first kappa shape index (κ1) is 17.2. The van der Waals surface area contributed by atoms with Gasteiger partial charge in [-0.05, 0) is 49.0 Å². The maximum atomic E-state index is 14.4. The van der Waals surface area contributed by atoms with Crippen molar-refractivity contribution in [2.45, 2.75) is 33.6 Å². The van der Waals surface area contributed by atoms with Crippen LogP contribution in [-0.4, -0.2) is 19.7 Å². The number of hydrogen-bond donors (Lipinski definition) is 0. The molecule has 1 aromatic carbocycles. The first-order valence-electron chi connectivity index (χ1n) is 7.19. The first-order chi connectivity index (χ1) is 9.99. The molecule has 0 heterocycles. The Kier molecular flexibility index (Phi) is 6.92. The summed E-state index contributed by atoms with van der Waals surface area (Å²) in [5.41, 5.74) is 1.26. The molecule has 0 saturated carbocycles. The normalized spacial score (nSPS) is 11.1. The van der Waals surface area contributed by atoms with E-state index in [1.54, 1.807) is 25.1 Å². The standard InChI is InChI=1S/C17H23FO3/c1-5-21-16(19)11-8-13-7-10-15(20-4)17(18)14(13)9-6-12(2)3/h7-8,10-12H,5-6,9H2,1-4H3. The molecule has 0 aliphatic rings. The molecule has 1 rings (SSSR count). The lowest BCUT2D eigenvalue weighted by Gasteiger charge is -2.12. The van der Waals surface area contributed by atoms with E-state index < -0.39 is 5.97 Å². The Labute approximate surface area is 125 Å². The molecule has 21 heavy (non-hydrogen) atoms. The zero-order valence-corrected chi connectivity index (χ0v) is 13.1. The van der Waals surface area contributed by atoms with Crippen LogP contribution >= 0.6 is 0 Å². The van der Waals surface area contributed by atoms with Crippen LogP contribution in [0.3, 0.4) is 0 Å². The molecule has 0 spiro atoms. The molecule has 0 radical (unpaired) electrons. The van der Waals surface area contributed by atoms with Gasteiger partial charge in [-0.25, -0.2) is 9.18 Å². The van der Waals surface area contributed by atoms with Crippen molar-refractivity contribution in [1.82, 2.24) is 0 Å². The quantitative estimate of drug-likeness (QED) is 0.563. The SMILES string of the molecule is CCOC(=O)C=Cc1ccc(OC)c(F)c1CCC(C)C. The number of ether oxygens (including phenoxy) is 2. The number of carbonyl (C=O) groups is 1. The third-order valence-electron chi connectivity index (χ3n) is 3.12. The number of halogens is 1. The highest BCUT2D eigenvalue weighted by Crippen LogP contribution is 2.26. The fourth-order valence-electron chi connectivity index (χ4n) is 1.96. The topological polar surface area (TPSA) is 35.5 Å². The minimum Gasteiger partial charge on any atom is -0.494 e. The van der Waals surface area contributed by atoms with Crippen molar-refractivity contribution in [2.24, 2.45) is 5.92 Å². The molecule has 0 amide bonds. The van der Waals surface area contributed by atoms with E-state index in [0.29, 0.717) is 30.1 Å². The van der Waals surface area contributed by atoms with E-state index in [0.717, 1.165) is 6.42 Å². The van der Waals surface area contributed by atoms with Gasteiger partial charge in [-0.15, -0.1) is 0 Å². The van der Waals surface area contributed by atoms with E-state index in [1.165, 1.54) is 13.2 Å². The summed E-state index contributed by atoms with van der Waals surface area (Å²) < 4.78 is 24.2. The number of esters is 1. The number of hydrogen-bond acceptors (Lipinski definition) is 3. The monoisotopic (exact) mass is 294 g/mol. The highest BCUT2D eigenvalue weighted by atomic mass is 19.1. The van der Waals surface area contributed by atoms with E-state index in [4.69, 9.17) is 9.47 Å². The summed E-state index contributed by atoms with van der Waals surface area (Å²) in [5, 5.41) is 0. The maximum absolute atomic E-state index is 14.4. The number of rotatable bonds is 7. The third-order valence-corrected chi connectivity index (χ3v) is 3.12. The van der Waals surface area contributed by atoms with Crippen molar-refractivity contribution in [3.8, 4) is 5.75 Å². The minimum atomic E-state index is -0.427. The predicted molar refractivity (Wildman–Crippen MR) is 81.8 cm³/mol. The summed E-state index contributed by atoms with van der Waals surface area (Å²) in [7, 11) is 1.44. The molecule has 3 nitrogen and oxygen atoms in total. The van der Waals surface area contributed by atoms with Crippen molar-refractivity contribution in [3.05, 3.63) is 35.2 Å². The first-order valence-corrected chi connectivity index (χ1v) is 7.19. The smallest absolute Gasteiger partial charge is 0.330 e. The zero-order chi connectivity index (χ0) is 15.8. The van der Waals surface area contributed by atoms with Crippen molar-refractivity contribution < 1.29 is 18.7 Å². The van der Waals surface area contributed by atoms with Gasteiger partial charge in [0.15, 0.2) is 11.6 Å². The molecule has 0 aliphatic heterocycles. The second-order valence-corrected chi connectivity index (χ2v) is 5.17. The molecular weight excluding hydrogens is 271 g/mol. The van der Waals surface area contributed by atoms with Crippen LogP contribution < -0.4 is 4.74 Å². The van der Waals surface area contributed by atoms with Gasteiger partial charge >= 0.3 is 5.97 Å². The van der Waals surface area contributed by atoms with Crippen LogP contribution in [0.25, 0.3) is 6.08 Å². The predicted octanol–water partition coefficient (Wildman–Crippen LogP) is 4.00. The Morgan fingerprint density at radius 3 is 2.67 bits per heavy atom. The molecule has 0 saturated heterocycles. The van der Waals surface area contributed by atoms with Crippen LogP contribution in [-0.2, 0) is 16.0 Å². The van der Waals surface area contributed by atoms with Crippen molar-refractivity contribution in [1.29, 1.82) is 0 Å². The Morgan fingerprint density at radius 2 is 2.10 bits per heavy atom. The minimum absolute atomic E-state index is 0.224. The Morgan fingerprint density at radius 1 is 1.38 bits per heavy atom. The van der Waals surface area contributed by atoms with Crippen molar-refractivity contribution in [3.63, 3.8) is 0 Å². The third kappa shape index (κ3) is 5.21. The summed E-state index contributed by atoms with van der Waals surface area (Å²) in [6.45, 7) is 6.24. The van der Waals surface area contributed by atoms with Gasteiger partial charge in [-0.3, -0.25) is 0 Å². The van der Waals surface area contributed by atoms with Gasteiger partial charge in [-0.2, -0.15) is 0 Å². The summed E-state index contributed by atoms with van der Waals surface area (Å²) in [5.74, 6) is -0.0905. The van der Waals surface area contributed by atoms with Crippen LogP contribution in [0.1, 0.15) is 38.3 Å². The molecule has 0 atom stereocenters. The molecule has 0 bridgehead atoms. The summed E-state index contributed by atoms with van der Waals surface area (Å²) in [6.07, 6.45) is 4.38. The second kappa shape index (κ2) is 8.45. The lowest BCUT2D eigenvalue weighted by atomic mass is 9.97. The fraction of sp³-hybridized carbons (Fsp3) is 0.471. The van der Waals surface area contributed by atoms with Gasteiger partial charge < -0.3 is 9.47 Å². The lowest BCUT2D eigenvalue weighted by Crippen LogP contribution is -2.02. The highest BCUT2D eigenvalue weighted by molar-refractivity contribution is 5.87. The van der Waals surface area contributed by atoms with Crippen LogP contribution in [0.4, 0.5) is 4.39 Å². The van der Waals surface area contributed by atoms with Gasteiger partial charge in [0.1, 0.15) is 0 Å². The van der Waals surface area contributed by atoms with E-state index in [1.807, 2.05) is 0 Å². The summed E-state index contributed by atoms with van der Waals surface area (Å²) >= 11 is 0. The number of carbonyl (C=O) groups excluding carboxylic acids is 1. The van der Waals surface area contributed by atoms with E-state index >= 15 is 0 Å². The van der Waals surface area contributed by atoms with Gasteiger partial charge in [0.25, 0.3) is 0 Å². The van der Waals surface area contributed by atoms with Crippen molar-refractivity contribution >= 4 is 12.0 Å². The number of methoxy groups -OCH3 is 1. The largest absolute Gasteiger partial charge is 0.494 e. The highest BCUT2D eigenvalue weighted by Gasteiger charge is 2.13. The van der Waals surface area contributed by atoms with Crippen molar-refractivity contribution in [2.75, 3.05) is 13.7 Å². The van der Waals surface area contributed by atoms with E-state index in [-0.39, 0.29) is 11.6 Å². The van der Waals surface area contributed by atoms with Gasteiger partial charge in [0, 0.05) is 6.08 Å². The van der Waals surface area contributed by atoms with Crippen LogP contribution in [0.15, 0.2) is 18.2 Å². The summed E-state index contributed by atoms with van der Waals surface area (Å²) in [6, 6.07) is 3.33. The Hall–Kier alpha value is -1.84.